The molecule has 0 spiro atoms. The second-order valence-electron chi connectivity index (χ2n) is 3.17. The number of amides is 1. The Hall–Kier alpha value is -2.30. The number of nitrogens with zero attached hydrogens (tertiary/aromatic N) is 3. The van der Waals surface area contributed by atoms with E-state index in [0.717, 1.165) is 11.0 Å². The molecule has 5 heteroatoms. The van der Waals surface area contributed by atoms with Crippen molar-refractivity contribution in [3.05, 3.63) is 36.3 Å². The summed E-state index contributed by atoms with van der Waals surface area (Å²) < 4.78 is 0. The molecule has 1 aliphatic rings. The molecule has 0 aliphatic carbocycles. The van der Waals surface area contributed by atoms with Crippen LogP contribution in [-0.4, -0.2) is 15.9 Å². The molecule has 15 heavy (non-hydrogen) atoms. The quantitative estimate of drug-likeness (QED) is 0.760. The standard InChI is InChI=1S/C10H6N4O/c15-10-6(5-11-14-10)9-12-7-3-1-2-4-8(7)13-9/h1-5H,(H,12,13). The third kappa shape index (κ3) is 1.17. The smallest absolute Gasteiger partial charge is 0.300 e. The topological polar surface area (TPSA) is 70.5 Å². The van der Waals surface area contributed by atoms with Crippen molar-refractivity contribution in [3.63, 3.8) is 0 Å². The fourth-order valence-corrected chi connectivity index (χ4v) is 1.49. The first-order chi connectivity index (χ1) is 7.34. The van der Waals surface area contributed by atoms with Gasteiger partial charge in [-0.05, 0) is 12.1 Å². The second-order valence-corrected chi connectivity index (χ2v) is 3.17. The summed E-state index contributed by atoms with van der Waals surface area (Å²) in [5.74, 6) is 0.167. The zero-order chi connectivity index (χ0) is 10.3. The molecule has 0 unspecified atom stereocenters. The van der Waals surface area contributed by atoms with Gasteiger partial charge < -0.3 is 4.98 Å². The van der Waals surface area contributed by atoms with Crippen LogP contribution in [0.5, 0.6) is 0 Å². The molecule has 0 saturated heterocycles. The van der Waals surface area contributed by atoms with Gasteiger partial charge in [0.25, 0.3) is 0 Å². The highest BCUT2D eigenvalue weighted by Gasteiger charge is 2.18. The Kier molecular flexibility index (Phi) is 1.53. The molecule has 1 aliphatic heterocycles. The van der Waals surface area contributed by atoms with Gasteiger partial charge in [-0.15, -0.1) is 5.11 Å². The maximum atomic E-state index is 11.3. The number of para-hydroxylation sites is 2. The second kappa shape index (κ2) is 2.84. The summed E-state index contributed by atoms with van der Waals surface area (Å²) in [5.41, 5.74) is 2.13. The van der Waals surface area contributed by atoms with Crippen LogP contribution in [0.4, 0.5) is 0 Å². The minimum atomic E-state index is -0.353. The molecule has 0 fully saturated rings. The molecule has 5 nitrogen and oxygen atoms in total. The number of azo groups is 1. The average molecular weight is 198 g/mol. The number of carbonyl (C=O) groups excluding carboxylic acids is 1. The molecular formula is C10H6N4O. The van der Waals surface area contributed by atoms with E-state index in [0.29, 0.717) is 11.4 Å². The summed E-state index contributed by atoms with van der Waals surface area (Å²) in [6.45, 7) is 0. The number of fused-ring (bicyclic) bond motifs is 1. The van der Waals surface area contributed by atoms with Crippen LogP contribution < -0.4 is 0 Å². The van der Waals surface area contributed by atoms with Gasteiger partial charge in [-0.25, -0.2) is 4.98 Å². The summed E-state index contributed by atoms with van der Waals surface area (Å²) in [4.78, 5) is 18.6. The molecule has 0 atom stereocenters. The Balaban J connectivity index is 2.17. The first-order valence-corrected chi connectivity index (χ1v) is 4.45. The normalized spacial score (nSPS) is 14.9. The number of imidazole rings is 1. The van der Waals surface area contributed by atoms with E-state index in [9.17, 15) is 4.79 Å². The molecule has 1 amide bonds. The molecule has 0 radical (unpaired) electrons. The average Bonchev–Trinajstić information content (AvgIpc) is 2.82. The minimum absolute atomic E-state index is 0.353. The molecule has 0 saturated carbocycles. The fourth-order valence-electron chi connectivity index (χ4n) is 1.49. The minimum Gasteiger partial charge on any atom is -0.338 e. The first kappa shape index (κ1) is 8.05. The highest BCUT2D eigenvalue weighted by Crippen LogP contribution is 2.20. The van der Waals surface area contributed by atoms with E-state index in [1.54, 1.807) is 0 Å². The summed E-state index contributed by atoms with van der Waals surface area (Å²) in [5, 5.41) is 6.94. The molecule has 72 valence electrons. The van der Waals surface area contributed by atoms with E-state index in [1.165, 1.54) is 6.20 Å². The highest BCUT2D eigenvalue weighted by atomic mass is 16.2. The van der Waals surface area contributed by atoms with Gasteiger partial charge in [-0.1, -0.05) is 12.1 Å². The number of nitrogens with one attached hydrogen (secondary N) is 1. The lowest BCUT2D eigenvalue weighted by Gasteiger charge is -1.89. The van der Waals surface area contributed by atoms with Gasteiger partial charge >= 0.3 is 5.91 Å². The first-order valence-electron chi connectivity index (χ1n) is 4.45. The number of hydrogen-bond acceptors (Lipinski definition) is 3. The number of benzene rings is 1. The lowest BCUT2D eigenvalue weighted by atomic mass is 10.3. The largest absolute Gasteiger partial charge is 0.338 e. The van der Waals surface area contributed by atoms with E-state index in [-0.39, 0.29) is 5.91 Å². The third-order valence-corrected chi connectivity index (χ3v) is 2.21. The molecule has 2 aromatic rings. The Morgan fingerprint density at radius 2 is 2.07 bits per heavy atom. The summed E-state index contributed by atoms with van der Waals surface area (Å²) in [6.07, 6.45) is 1.42. The maximum Gasteiger partial charge on any atom is 0.300 e. The van der Waals surface area contributed by atoms with Gasteiger partial charge in [0.15, 0.2) is 0 Å². The Bertz CT molecular complexity index is 576. The van der Waals surface area contributed by atoms with Crippen molar-refractivity contribution in [1.82, 2.24) is 9.97 Å². The fraction of sp³-hybridized carbons (Fsp3) is 0. The number of rotatable bonds is 1. The Morgan fingerprint density at radius 3 is 2.80 bits per heavy atom. The van der Waals surface area contributed by atoms with Crippen LogP contribution >= 0.6 is 0 Å². The van der Waals surface area contributed by atoms with Crippen LogP contribution in [0.1, 0.15) is 5.82 Å². The summed E-state index contributed by atoms with van der Waals surface area (Å²) >= 11 is 0. The molecular weight excluding hydrogens is 192 g/mol. The van der Waals surface area contributed by atoms with Gasteiger partial charge in [0.2, 0.25) is 0 Å². The van der Waals surface area contributed by atoms with Crippen molar-refractivity contribution in [1.29, 1.82) is 0 Å². The maximum absolute atomic E-state index is 11.3. The number of hydrogen-bond donors (Lipinski definition) is 1. The molecule has 0 bridgehead atoms. The molecule has 2 heterocycles. The predicted octanol–water partition coefficient (Wildman–Crippen LogP) is 1.90. The van der Waals surface area contributed by atoms with Gasteiger partial charge in [-0.2, -0.15) is 5.11 Å². The molecule has 1 aromatic carbocycles. The number of aromatic nitrogens is 2. The molecule has 1 N–H and O–H groups in total. The van der Waals surface area contributed by atoms with E-state index >= 15 is 0 Å². The van der Waals surface area contributed by atoms with Crippen LogP contribution in [0.15, 0.2) is 40.7 Å². The monoisotopic (exact) mass is 198 g/mol. The van der Waals surface area contributed by atoms with Gasteiger partial charge in [0.05, 0.1) is 17.2 Å². The van der Waals surface area contributed by atoms with Crippen molar-refractivity contribution in [2.24, 2.45) is 10.2 Å². The van der Waals surface area contributed by atoms with Crippen LogP contribution in [0.3, 0.4) is 0 Å². The highest BCUT2D eigenvalue weighted by molar-refractivity contribution is 6.20. The van der Waals surface area contributed by atoms with Gasteiger partial charge in [0, 0.05) is 0 Å². The van der Waals surface area contributed by atoms with Crippen LogP contribution in [0.2, 0.25) is 0 Å². The predicted molar refractivity (Wildman–Crippen MR) is 53.9 cm³/mol. The Labute approximate surface area is 84.5 Å². The number of carbonyl (C=O) groups is 1. The van der Waals surface area contributed by atoms with Crippen molar-refractivity contribution < 1.29 is 4.79 Å². The zero-order valence-electron chi connectivity index (χ0n) is 7.64. The van der Waals surface area contributed by atoms with Crippen LogP contribution in [0.25, 0.3) is 16.6 Å². The number of aromatic amines is 1. The van der Waals surface area contributed by atoms with Gasteiger partial charge in [0.1, 0.15) is 11.4 Å². The third-order valence-electron chi connectivity index (χ3n) is 2.21. The van der Waals surface area contributed by atoms with E-state index in [1.807, 2.05) is 24.3 Å². The van der Waals surface area contributed by atoms with Crippen molar-refractivity contribution in [3.8, 4) is 0 Å². The van der Waals surface area contributed by atoms with E-state index in [2.05, 4.69) is 20.2 Å². The van der Waals surface area contributed by atoms with Gasteiger partial charge in [-0.3, -0.25) is 4.79 Å². The lowest BCUT2D eigenvalue weighted by molar-refractivity contribution is -0.112. The SMILES string of the molecule is O=C1N=NC=C1c1nc2ccccc2[nH]1. The Morgan fingerprint density at radius 1 is 1.20 bits per heavy atom. The van der Waals surface area contributed by atoms with E-state index < -0.39 is 0 Å². The summed E-state index contributed by atoms with van der Waals surface area (Å²) in [7, 11) is 0. The van der Waals surface area contributed by atoms with Crippen molar-refractivity contribution >= 4 is 22.5 Å². The number of H-pyrrole nitrogens is 1. The zero-order valence-corrected chi connectivity index (χ0v) is 7.64. The summed E-state index contributed by atoms with van der Waals surface area (Å²) in [6, 6.07) is 7.58. The van der Waals surface area contributed by atoms with Crippen molar-refractivity contribution in [2.45, 2.75) is 0 Å². The molecule has 3 rings (SSSR count). The van der Waals surface area contributed by atoms with Crippen molar-refractivity contribution in [2.75, 3.05) is 0 Å². The van der Waals surface area contributed by atoms with Crippen LogP contribution in [-0.2, 0) is 4.79 Å². The van der Waals surface area contributed by atoms with E-state index in [4.69, 9.17) is 0 Å². The van der Waals surface area contributed by atoms with Crippen LogP contribution in [0, 0.1) is 0 Å². The lowest BCUT2D eigenvalue weighted by Crippen LogP contribution is -1.95. The molecule has 1 aromatic heterocycles.